The summed E-state index contributed by atoms with van der Waals surface area (Å²) in [5.74, 6) is 2.26. The minimum Gasteiger partial charge on any atom is -0.356 e. The van der Waals surface area contributed by atoms with E-state index >= 15 is 0 Å². The minimum atomic E-state index is 0.282. The molecule has 142 valence electrons. The summed E-state index contributed by atoms with van der Waals surface area (Å²) in [6.45, 7) is 5.04. The molecule has 3 rings (SSSR count). The summed E-state index contributed by atoms with van der Waals surface area (Å²) < 4.78 is 0. The molecule has 2 atom stereocenters. The second kappa shape index (κ2) is 8.88. The van der Waals surface area contributed by atoms with Gasteiger partial charge in [0.2, 0.25) is 5.91 Å². The number of rotatable bonds is 4. The molecule has 2 unspecified atom stereocenters. The molecular weight excluding hydrogens is 314 g/mol. The summed E-state index contributed by atoms with van der Waals surface area (Å²) in [6, 6.07) is 0.324. The van der Waals surface area contributed by atoms with Gasteiger partial charge in [-0.2, -0.15) is 0 Å². The number of likely N-dealkylation sites (tertiary alicyclic amines) is 2. The van der Waals surface area contributed by atoms with Crippen LogP contribution >= 0.6 is 0 Å². The van der Waals surface area contributed by atoms with E-state index in [4.69, 9.17) is 0 Å². The number of guanidine groups is 1. The molecule has 2 aliphatic heterocycles. The highest BCUT2D eigenvalue weighted by atomic mass is 16.2. The average Bonchev–Trinajstić information content (AvgIpc) is 3.27. The van der Waals surface area contributed by atoms with E-state index in [0.717, 1.165) is 51.4 Å². The fourth-order valence-electron chi connectivity index (χ4n) is 4.51. The Morgan fingerprint density at radius 2 is 1.88 bits per heavy atom. The monoisotopic (exact) mass is 349 g/mol. The Kier molecular flexibility index (Phi) is 6.57. The van der Waals surface area contributed by atoms with Gasteiger partial charge >= 0.3 is 0 Å². The van der Waals surface area contributed by atoms with Crippen molar-refractivity contribution in [1.29, 1.82) is 0 Å². The first-order chi connectivity index (χ1) is 12.2. The number of carbonyl (C=O) groups excluding carboxylic acids is 1. The van der Waals surface area contributed by atoms with E-state index in [1.54, 1.807) is 0 Å². The number of hydrogen-bond donors (Lipinski definition) is 2. The van der Waals surface area contributed by atoms with Crippen LogP contribution in [0.3, 0.4) is 0 Å². The van der Waals surface area contributed by atoms with Crippen LogP contribution in [0.5, 0.6) is 0 Å². The Hall–Kier alpha value is -1.30. The molecule has 1 aliphatic carbocycles. The lowest BCUT2D eigenvalue weighted by Crippen LogP contribution is -2.46. The standard InChI is InChI=1S/C19H35N5O/c1-20-19(21-12-15-8-10-23(2)13-15)22-17-9-11-24(14-17)18(25)16-6-4-3-5-7-16/h15-17H,3-14H2,1-2H3,(H2,20,21,22). The van der Waals surface area contributed by atoms with Gasteiger partial charge in [-0.15, -0.1) is 0 Å². The van der Waals surface area contributed by atoms with Crippen molar-refractivity contribution in [3.8, 4) is 0 Å². The van der Waals surface area contributed by atoms with E-state index in [-0.39, 0.29) is 5.92 Å². The third kappa shape index (κ3) is 5.09. The van der Waals surface area contributed by atoms with Gasteiger partial charge in [0.05, 0.1) is 0 Å². The number of nitrogens with zero attached hydrogens (tertiary/aromatic N) is 3. The van der Waals surface area contributed by atoms with Gasteiger partial charge in [0, 0.05) is 45.2 Å². The highest BCUT2D eigenvalue weighted by molar-refractivity contribution is 5.81. The quantitative estimate of drug-likeness (QED) is 0.593. The molecule has 0 aromatic heterocycles. The van der Waals surface area contributed by atoms with E-state index in [0.29, 0.717) is 17.9 Å². The first-order valence-corrected chi connectivity index (χ1v) is 10.1. The average molecular weight is 350 g/mol. The molecule has 2 N–H and O–H groups in total. The maximum absolute atomic E-state index is 12.7. The molecule has 2 heterocycles. The van der Waals surface area contributed by atoms with E-state index in [2.05, 4.69) is 32.5 Å². The van der Waals surface area contributed by atoms with E-state index in [1.165, 1.54) is 32.2 Å². The van der Waals surface area contributed by atoms with Crippen molar-refractivity contribution < 1.29 is 4.79 Å². The molecule has 3 aliphatic rings. The first-order valence-electron chi connectivity index (χ1n) is 10.1. The van der Waals surface area contributed by atoms with Crippen LogP contribution in [0.4, 0.5) is 0 Å². The third-order valence-corrected chi connectivity index (χ3v) is 6.07. The maximum Gasteiger partial charge on any atom is 0.225 e. The summed E-state index contributed by atoms with van der Waals surface area (Å²) in [5, 5.41) is 6.99. The zero-order chi connectivity index (χ0) is 17.6. The molecule has 0 radical (unpaired) electrons. The normalized spacial score (nSPS) is 29.2. The second-order valence-corrected chi connectivity index (χ2v) is 8.12. The minimum absolute atomic E-state index is 0.282. The first kappa shape index (κ1) is 18.5. The molecule has 0 aromatic carbocycles. The number of nitrogens with one attached hydrogen (secondary N) is 2. The Morgan fingerprint density at radius 3 is 2.56 bits per heavy atom. The lowest BCUT2D eigenvalue weighted by molar-refractivity contribution is -0.135. The number of aliphatic imine (C=N–C) groups is 1. The zero-order valence-electron chi connectivity index (χ0n) is 16.0. The van der Waals surface area contributed by atoms with Crippen molar-refractivity contribution >= 4 is 11.9 Å². The van der Waals surface area contributed by atoms with Crippen molar-refractivity contribution in [2.75, 3.05) is 46.8 Å². The number of hydrogen-bond acceptors (Lipinski definition) is 3. The smallest absolute Gasteiger partial charge is 0.225 e. The van der Waals surface area contributed by atoms with Crippen LogP contribution in [0.15, 0.2) is 4.99 Å². The van der Waals surface area contributed by atoms with Crippen LogP contribution in [0, 0.1) is 11.8 Å². The molecule has 0 spiro atoms. The van der Waals surface area contributed by atoms with Crippen molar-refractivity contribution in [3.63, 3.8) is 0 Å². The van der Waals surface area contributed by atoms with Gasteiger partial charge in [-0.25, -0.2) is 0 Å². The zero-order valence-corrected chi connectivity index (χ0v) is 16.0. The van der Waals surface area contributed by atoms with Gasteiger partial charge in [-0.05, 0) is 45.2 Å². The Morgan fingerprint density at radius 1 is 1.08 bits per heavy atom. The Labute approximate surface area is 152 Å². The summed E-state index contributed by atoms with van der Waals surface area (Å²) in [6.07, 6.45) is 8.20. The van der Waals surface area contributed by atoms with Crippen LogP contribution in [0.1, 0.15) is 44.9 Å². The van der Waals surface area contributed by atoms with Crippen LogP contribution in [-0.2, 0) is 4.79 Å². The van der Waals surface area contributed by atoms with Crippen LogP contribution in [-0.4, -0.2) is 74.5 Å². The third-order valence-electron chi connectivity index (χ3n) is 6.07. The van der Waals surface area contributed by atoms with Crippen molar-refractivity contribution in [2.45, 2.75) is 51.0 Å². The Balaban J connectivity index is 1.41. The maximum atomic E-state index is 12.7. The summed E-state index contributed by atoms with van der Waals surface area (Å²) in [4.78, 5) is 21.5. The molecule has 6 nitrogen and oxygen atoms in total. The van der Waals surface area contributed by atoms with Crippen molar-refractivity contribution in [2.24, 2.45) is 16.8 Å². The molecule has 25 heavy (non-hydrogen) atoms. The van der Waals surface area contributed by atoms with Crippen LogP contribution in [0.2, 0.25) is 0 Å². The predicted molar refractivity (Wildman–Crippen MR) is 102 cm³/mol. The topological polar surface area (TPSA) is 60.0 Å². The van der Waals surface area contributed by atoms with Gasteiger partial charge in [-0.1, -0.05) is 19.3 Å². The van der Waals surface area contributed by atoms with E-state index in [9.17, 15) is 4.79 Å². The van der Waals surface area contributed by atoms with Crippen LogP contribution < -0.4 is 10.6 Å². The molecule has 0 aromatic rings. The molecule has 1 saturated carbocycles. The lowest BCUT2D eigenvalue weighted by atomic mass is 9.88. The largest absolute Gasteiger partial charge is 0.356 e. The van der Waals surface area contributed by atoms with E-state index < -0.39 is 0 Å². The molecule has 3 fully saturated rings. The molecule has 2 saturated heterocycles. The lowest BCUT2D eigenvalue weighted by Gasteiger charge is -2.26. The molecular formula is C19H35N5O. The van der Waals surface area contributed by atoms with Gasteiger partial charge in [-0.3, -0.25) is 9.79 Å². The summed E-state index contributed by atoms with van der Waals surface area (Å²) in [5.41, 5.74) is 0. The fourth-order valence-corrected chi connectivity index (χ4v) is 4.51. The second-order valence-electron chi connectivity index (χ2n) is 8.12. The number of amides is 1. The van der Waals surface area contributed by atoms with Gasteiger partial charge in [0.25, 0.3) is 0 Å². The molecule has 1 amide bonds. The Bertz CT molecular complexity index is 474. The summed E-state index contributed by atoms with van der Waals surface area (Å²) in [7, 11) is 4.01. The van der Waals surface area contributed by atoms with Crippen LogP contribution in [0.25, 0.3) is 0 Å². The highest BCUT2D eigenvalue weighted by Gasteiger charge is 2.31. The fraction of sp³-hybridized carbons (Fsp3) is 0.895. The summed E-state index contributed by atoms with van der Waals surface area (Å²) >= 11 is 0. The van der Waals surface area contributed by atoms with E-state index in [1.807, 2.05) is 7.05 Å². The molecule has 6 heteroatoms. The SMILES string of the molecule is CN=C(NCC1CCN(C)C1)NC1CCN(C(=O)C2CCCCC2)C1. The van der Waals surface area contributed by atoms with Gasteiger partial charge in [0.15, 0.2) is 5.96 Å². The number of carbonyl (C=O) groups is 1. The van der Waals surface area contributed by atoms with Crippen molar-refractivity contribution in [3.05, 3.63) is 0 Å². The highest BCUT2D eigenvalue weighted by Crippen LogP contribution is 2.26. The van der Waals surface area contributed by atoms with Crippen molar-refractivity contribution in [1.82, 2.24) is 20.4 Å². The predicted octanol–water partition coefficient (Wildman–Crippen LogP) is 1.28. The van der Waals surface area contributed by atoms with Gasteiger partial charge in [0.1, 0.15) is 0 Å². The molecule has 0 bridgehead atoms. The van der Waals surface area contributed by atoms with Gasteiger partial charge < -0.3 is 20.4 Å².